The smallest absolute Gasteiger partial charge is 0.321 e. The van der Waals surface area contributed by atoms with E-state index in [0.29, 0.717) is 46.3 Å². The zero-order valence-corrected chi connectivity index (χ0v) is 24.3. The topological polar surface area (TPSA) is 143 Å². The molecule has 2 aliphatic rings. The summed E-state index contributed by atoms with van der Waals surface area (Å²) in [5.74, 6) is 0.977. The Morgan fingerprint density at radius 3 is 2.49 bits per heavy atom. The molecule has 12 nitrogen and oxygen atoms in total. The number of nitrogens with one attached hydrogen (secondary N) is 2. The maximum Gasteiger partial charge on any atom is 0.321 e. The summed E-state index contributed by atoms with van der Waals surface area (Å²) in [4.78, 5) is 46.5. The van der Waals surface area contributed by atoms with Crippen LogP contribution >= 0.6 is 0 Å². The maximum atomic E-state index is 13.5. The van der Waals surface area contributed by atoms with Crippen molar-refractivity contribution in [2.24, 2.45) is 5.92 Å². The predicted molar refractivity (Wildman–Crippen MR) is 158 cm³/mol. The molecule has 2 aromatic carbocycles. The highest BCUT2D eigenvalue weighted by atomic mass is 16.7. The molecular formula is C31H35N5O7. The average molecular weight is 590 g/mol. The fraction of sp³-hybridized carbons (Fsp3) is 0.355. The zero-order valence-electron chi connectivity index (χ0n) is 24.3. The largest absolute Gasteiger partial charge is 0.488 e. The lowest BCUT2D eigenvalue weighted by molar-refractivity contribution is -0.134. The number of nitrogens with zero attached hydrogens (tertiary/aromatic N) is 3. The number of likely N-dealkylation sites (N-methyl/N-ethyl adjacent to an activating group) is 1. The lowest BCUT2D eigenvalue weighted by atomic mass is 10.0. The van der Waals surface area contributed by atoms with Crippen LogP contribution in [0.4, 0.5) is 16.2 Å². The van der Waals surface area contributed by atoms with E-state index in [1.165, 1.54) is 17.3 Å². The minimum absolute atomic E-state index is 0.0124. The van der Waals surface area contributed by atoms with Crippen LogP contribution in [-0.4, -0.2) is 83.4 Å². The van der Waals surface area contributed by atoms with Crippen molar-refractivity contribution in [2.75, 3.05) is 44.2 Å². The molecule has 226 valence electrons. The van der Waals surface area contributed by atoms with Crippen molar-refractivity contribution >= 4 is 29.2 Å². The first-order chi connectivity index (χ1) is 20.7. The first kappa shape index (κ1) is 29.6. The molecule has 4 amide bonds. The quantitative estimate of drug-likeness (QED) is 0.381. The van der Waals surface area contributed by atoms with Gasteiger partial charge in [0.1, 0.15) is 11.9 Å². The number of aromatic nitrogens is 1. The molecule has 0 radical (unpaired) electrons. The van der Waals surface area contributed by atoms with E-state index in [-0.39, 0.29) is 50.1 Å². The minimum Gasteiger partial charge on any atom is -0.488 e. The van der Waals surface area contributed by atoms with E-state index in [0.717, 1.165) is 0 Å². The van der Waals surface area contributed by atoms with Gasteiger partial charge in [-0.15, -0.1) is 0 Å². The number of hydrogen-bond donors (Lipinski definition) is 3. The number of carbonyl (C=O) groups is 3. The van der Waals surface area contributed by atoms with Crippen LogP contribution in [0.1, 0.15) is 29.8 Å². The van der Waals surface area contributed by atoms with Crippen LogP contribution in [0.5, 0.6) is 17.2 Å². The highest BCUT2D eigenvalue weighted by molar-refractivity contribution is 6.04. The standard InChI is InChI=1S/C31H35N5O7/c1-19-15-36(20(2)17-37)29(38)13-22-12-23(33-30(39)21-8-10-32-11-9-21)4-6-25(22)43-28(19)16-35(3)31(40)34-24-5-7-26-27(14-24)42-18-41-26/h4-12,14,19-20,28,37H,13,15-18H2,1-3H3,(H,33,39)(H,34,40)/t19-,20-,28-/m1/s1. The van der Waals surface area contributed by atoms with Crippen LogP contribution in [0.2, 0.25) is 0 Å². The predicted octanol–water partition coefficient (Wildman–Crippen LogP) is 3.38. The third kappa shape index (κ3) is 6.97. The fourth-order valence-corrected chi connectivity index (χ4v) is 4.98. The molecule has 0 bridgehead atoms. The number of urea groups is 1. The van der Waals surface area contributed by atoms with Gasteiger partial charge in [0.2, 0.25) is 12.7 Å². The number of ether oxygens (including phenoxy) is 3. The van der Waals surface area contributed by atoms with Crippen molar-refractivity contribution in [1.29, 1.82) is 0 Å². The number of amides is 4. The van der Waals surface area contributed by atoms with Gasteiger partial charge in [0.05, 0.1) is 25.6 Å². The Morgan fingerprint density at radius 1 is 1.05 bits per heavy atom. The molecule has 5 rings (SSSR count). The number of aliphatic hydroxyl groups excluding tert-OH is 1. The third-order valence-electron chi connectivity index (χ3n) is 7.54. The fourth-order valence-electron chi connectivity index (χ4n) is 4.98. The van der Waals surface area contributed by atoms with E-state index in [4.69, 9.17) is 14.2 Å². The van der Waals surface area contributed by atoms with Crippen LogP contribution in [0.25, 0.3) is 0 Å². The van der Waals surface area contributed by atoms with Gasteiger partial charge in [0, 0.05) is 60.5 Å². The SMILES string of the molecule is C[C@@H]1CN([C@H](C)CO)C(=O)Cc2cc(NC(=O)c3ccncc3)ccc2O[C@@H]1CN(C)C(=O)Nc1ccc2c(c1)OCO2. The molecule has 3 aromatic rings. The summed E-state index contributed by atoms with van der Waals surface area (Å²) in [6.45, 7) is 4.22. The maximum absolute atomic E-state index is 13.5. The van der Waals surface area contributed by atoms with E-state index >= 15 is 0 Å². The van der Waals surface area contributed by atoms with Gasteiger partial charge in [0.15, 0.2) is 11.5 Å². The van der Waals surface area contributed by atoms with Gasteiger partial charge in [-0.3, -0.25) is 14.6 Å². The van der Waals surface area contributed by atoms with Crippen LogP contribution < -0.4 is 24.8 Å². The van der Waals surface area contributed by atoms with Gasteiger partial charge in [-0.25, -0.2) is 4.79 Å². The van der Waals surface area contributed by atoms with Gasteiger partial charge >= 0.3 is 6.03 Å². The molecule has 43 heavy (non-hydrogen) atoms. The van der Waals surface area contributed by atoms with Gasteiger partial charge in [0.25, 0.3) is 5.91 Å². The molecule has 0 saturated carbocycles. The number of fused-ring (bicyclic) bond motifs is 2. The van der Waals surface area contributed by atoms with Crippen LogP contribution in [0, 0.1) is 5.92 Å². The normalized spacial score (nSPS) is 18.3. The zero-order chi connectivity index (χ0) is 30.5. The van der Waals surface area contributed by atoms with Crippen molar-refractivity contribution in [3.8, 4) is 17.2 Å². The Bertz CT molecular complexity index is 1480. The van der Waals surface area contributed by atoms with Crippen LogP contribution in [0.15, 0.2) is 60.9 Å². The summed E-state index contributed by atoms with van der Waals surface area (Å²) < 4.78 is 17.2. The van der Waals surface area contributed by atoms with Crippen molar-refractivity contribution in [1.82, 2.24) is 14.8 Å². The number of pyridine rings is 1. The van der Waals surface area contributed by atoms with Gasteiger partial charge < -0.3 is 39.8 Å². The molecule has 0 aliphatic carbocycles. The van der Waals surface area contributed by atoms with E-state index in [9.17, 15) is 19.5 Å². The van der Waals surface area contributed by atoms with E-state index in [1.807, 2.05) is 6.92 Å². The highest BCUT2D eigenvalue weighted by Crippen LogP contribution is 2.34. The molecular weight excluding hydrogens is 554 g/mol. The van der Waals surface area contributed by atoms with Crippen LogP contribution in [-0.2, 0) is 11.2 Å². The van der Waals surface area contributed by atoms with E-state index in [1.54, 1.807) is 67.4 Å². The summed E-state index contributed by atoms with van der Waals surface area (Å²) in [6, 6.07) is 12.8. The molecule has 2 aliphatic heterocycles. The Morgan fingerprint density at radius 2 is 1.74 bits per heavy atom. The number of hydrogen-bond acceptors (Lipinski definition) is 8. The lowest BCUT2D eigenvalue weighted by Crippen LogP contribution is -2.48. The lowest BCUT2D eigenvalue weighted by Gasteiger charge is -2.34. The molecule has 3 N–H and O–H groups in total. The monoisotopic (exact) mass is 589 g/mol. The van der Waals surface area contributed by atoms with E-state index in [2.05, 4.69) is 15.6 Å². The first-order valence-corrected chi connectivity index (χ1v) is 14.0. The van der Waals surface area contributed by atoms with Crippen molar-refractivity contribution < 1.29 is 33.7 Å². The summed E-state index contributed by atoms with van der Waals surface area (Å²) >= 11 is 0. The molecule has 0 unspecified atom stereocenters. The summed E-state index contributed by atoms with van der Waals surface area (Å²) in [7, 11) is 1.67. The van der Waals surface area contributed by atoms with Gasteiger partial charge in [-0.05, 0) is 49.4 Å². The Balaban J connectivity index is 1.36. The minimum atomic E-state index is -0.497. The molecule has 0 spiro atoms. The van der Waals surface area contributed by atoms with Crippen molar-refractivity contribution in [3.05, 3.63) is 72.1 Å². The Labute approximate surface area is 249 Å². The third-order valence-corrected chi connectivity index (χ3v) is 7.54. The molecule has 12 heteroatoms. The Kier molecular flexibility index (Phi) is 8.96. The average Bonchev–Trinajstić information content (AvgIpc) is 3.49. The number of benzene rings is 2. The van der Waals surface area contributed by atoms with Crippen molar-refractivity contribution in [3.63, 3.8) is 0 Å². The Hall–Kier alpha value is -4.84. The second-order valence-electron chi connectivity index (χ2n) is 10.8. The molecule has 3 heterocycles. The molecule has 3 atom stereocenters. The first-order valence-electron chi connectivity index (χ1n) is 14.0. The van der Waals surface area contributed by atoms with Crippen molar-refractivity contribution in [2.45, 2.75) is 32.4 Å². The second-order valence-corrected chi connectivity index (χ2v) is 10.8. The summed E-state index contributed by atoms with van der Waals surface area (Å²) in [6.07, 6.45) is 2.59. The summed E-state index contributed by atoms with van der Waals surface area (Å²) in [5, 5.41) is 15.6. The number of carbonyl (C=O) groups excluding carboxylic acids is 3. The number of aliphatic hydroxyl groups is 1. The molecule has 1 aromatic heterocycles. The second kappa shape index (κ2) is 13.0. The molecule has 0 saturated heterocycles. The molecule has 0 fully saturated rings. The van der Waals surface area contributed by atoms with Crippen LogP contribution in [0.3, 0.4) is 0 Å². The van der Waals surface area contributed by atoms with Gasteiger partial charge in [-0.2, -0.15) is 0 Å². The highest BCUT2D eigenvalue weighted by Gasteiger charge is 2.32. The summed E-state index contributed by atoms with van der Waals surface area (Å²) in [5.41, 5.74) is 2.09. The number of anilines is 2. The van der Waals surface area contributed by atoms with E-state index < -0.39 is 12.1 Å². The van der Waals surface area contributed by atoms with Gasteiger partial charge in [-0.1, -0.05) is 6.92 Å². The number of rotatable bonds is 7.